The van der Waals surface area contributed by atoms with Crippen molar-refractivity contribution in [2.24, 2.45) is 0 Å². The summed E-state index contributed by atoms with van der Waals surface area (Å²) < 4.78 is 7.97. The van der Waals surface area contributed by atoms with Crippen LogP contribution >= 0.6 is 0 Å². The summed E-state index contributed by atoms with van der Waals surface area (Å²) in [7, 11) is 1.97. The van der Waals surface area contributed by atoms with Crippen molar-refractivity contribution >= 4 is 0 Å². The van der Waals surface area contributed by atoms with Crippen molar-refractivity contribution < 1.29 is 4.74 Å². The number of nitrogens with zero attached hydrogens (tertiary/aromatic N) is 3. The molecular weight excluding hydrogens is 228 g/mol. The molecule has 0 bridgehead atoms. The maximum atomic E-state index is 5.72. The maximum absolute atomic E-state index is 5.72. The highest BCUT2D eigenvalue weighted by molar-refractivity contribution is 4.98. The van der Waals surface area contributed by atoms with Crippen LogP contribution in [0.2, 0.25) is 0 Å². The predicted molar refractivity (Wildman–Crippen MR) is 71.5 cm³/mol. The van der Waals surface area contributed by atoms with Crippen molar-refractivity contribution in [3.63, 3.8) is 0 Å². The van der Waals surface area contributed by atoms with Crippen LogP contribution in [0.25, 0.3) is 0 Å². The van der Waals surface area contributed by atoms with Gasteiger partial charge in [0.1, 0.15) is 0 Å². The molecule has 0 amide bonds. The molecule has 1 fully saturated rings. The second-order valence-electron chi connectivity index (χ2n) is 4.86. The highest BCUT2D eigenvalue weighted by Gasteiger charge is 2.20. The minimum absolute atomic E-state index is 0.311. The van der Waals surface area contributed by atoms with Gasteiger partial charge in [-0.05, 0) is 13.5 Å². The van der Waals surface area contributed by atoms with Crippen LogP contribution in [0.1, 0.15) is 19.0 Å². The van der Waals surface area contributed by atoms with Gasteiger partial charge in [0.05, 0.1) is 24.7 Å². The quantitative estimate of drug-likeness (QED) is 0.810. The van der Waals surface area contributed by atoms with Gasteiger partial charge in [0, 0.05) is 38.9 Å². The van der Waals surface area contributed by atoms with Gasteiger partial charge in [-0.2, -0.15) is 0 Å². The molecule has 5 heteroatoms. The second kappa shape index (κ2) is 6.87. The fourth-order valence-electron chi connectivity index (χ4n) is 2.43. The fourth-order valence-corrected chi connectivity index (χ4v) is 2.43. The summed E-state index contributed by atoms with van der Waals surface area (Å²) in [5.41, 5.74) is 1.31. The number of imidazole rings is 1. The monoisotopic (exact) mass is 252 g/mol. The molecule has 0 radical (unpaired) electrons. The molecule has 0 aliphatic carbocycles. The van der Waals surface area contributed by atoms with Gasteiger partial charge < -0.3 is 14.6 Å². The van der Waals surface area contributed by atoms with Gasteiger partial charge in [0.2, 0.25) is 0 Å². The molecule has 1 aromatic heterocycles. The third kappa shape index (κ3) is 3.54. The Balaban J connectivity index is 1.89. The van der Waals surface area contributed by atoms with Gasteiger partial charge in [-0.3, -0.25) is 4.90 Å². The van der Waals surface area contributed by atoms with Gasteiger partial charge in [-0.1, -0.05) is 6.92 Å². The first-order chi connectivity index (χ1) is 8.83. The molecule has 1 unspecified atom stereocenters. The molecule has 0 saturated carbocycles. The van der Waals surface area contributed by atoms with E-state index in [-0.39, 0.29) is 0 Å². The molecular formula is C13H24N4O. The van der Waals surface area contributed by atoms with Crippen LogP contribution in [0.15, 0.2) is 12.5 Å². The number of hydrogen-bond acceptors (Lipinski definition) is 4. The van der Waals surface area contributed by atoms with Crippen LogP contribution in [0.4, 0.5) is 0 Å². The topological polar surface area (TPSA) is 42.3 Å². The highest BCUT2D eigenvalue weighted by atomic mass is 16.5. The Bertz CT molecular complexity index is 351. The Morgan fingerprint density at radius 3 is 3.22 bits per heavy atom. The molecule has 102 valence electrons. The number of hydrogen-bond donors (Lipinski definition) is 1. The van der Waals surface area contributed by atoms with Gasteiger partial charge in [0.15, 0.2) is 0 Å². The SMILES string of the molecule is CCCn1cncc1CN1CCOC(CNC)C1. The number of rotatable bonds is 6. The minimum atomic E-state index is 0.311. The van der Waals surface area contributed by atoms with Crippen molar-refractivity contribution in [1.29, 1.82) is 0 Å². The molecule has 2 rings (SSSR count). The fraction of sp³-hybridized carbons (Fsp3) is 0.769. The lowest BCUT2D eigenvalue weighted by molar-refractivity contribution is -0.0297. The van der Waals surface area contributed by atoms with Gasteiger partial charge in [0.25, 0.3) is 0 Å². The van der Waals surface area contributed by atoms with E-state index in [2.05, 4.69) is 26.7 Å². The van der Waals surface area contributed by atoms with E-state index in [9.17, 15) is 0 Å². The van der Waals surface area contributed by atoms with Crippen molar-refractivity contribution in [3.05, 3.63) is 18.2 Å². The number of morpholine rings is 1. The molecule has 2 heterocycles. The van der Waals surface area contributed by atoms with E-state index >= 15 is 0 Å². The average Bonchev–Trinajstić information content (AvgIpc) is 2.78. The first-order valence-corrected chi connectivity index (χ1v) is 6.81. The summed E-state index contributed by atoms with van der Waals surface area (Å²) in [6.07, 6.45) is 5.38. The zero-order chi connectivity index (χ0) is 12.8. The maximum Gasteiger partial charge on any atom is 0.0948 e. The third-order valence-electron chi connectivity index (χ3n) is 3.30. The summed E-state index contributed by atoms with van der Waals surface area (Å²) in [5.74, 6) is 0. The van der Waals surface area contributed by atoms with E-state index in [4.69, 9.17) is 4.74 Å². The summed E-state index contributed by atoms with van der Waals surface area (Å²) in [5, 5.41) is 3.18. The minimum Gasteiger partial charge on any atom is -0.374 e. The average molecular weight is 252 g/mol. The molecule has 18 heavy (non-hydrogen) atoms. The Labute approximate surface area is 109 Å². The number of likely N-dealkylation sites (N-methyl/N-ethyl adjacent to an activating group) is 1. The highest BCUT2D eigenvalue weighted by Crippen LogP contribution is 2.10. The zero-order valence-electron chi connectivity index (χ0n) is 11.4. The molecule has 1 saturated heterocycles. The Kier molecular flexibility index (Phi) is 5.16. The Hall–Kier alpha value is -0.910. The van der Waals surface area contributed by atoms with Gasteiger partial charge >= 0.3 is 0 Å². The first-order valence-electron chi connectivity index (χ1n) is 6.81. The number of nitrogens with one attached hydrogen (secondary N) is 1. The standard InChI is InChI=1S/C13H24N4O/c1-3-4-17-11-15-7-12(17)9-16-5-6-18-13(10-16)8-14-2/h7,11,13-14H,3-6,8-10H2,1-2H3. The van der Waals surface area contributed by atoms with Crippen molar-refractivity contribution in [3.8, 4) is 0 Å². The smallest absolute Gasteiger partial charge is 0.0948 e. The molecule has 1 atom stereocenters. The van der Waals surface area contributed by atoms with Crippen LogP contribution in [0.5, 0.6) is 0 Å². The first kappa shape index (κ1) is 13.5. The summed E-state index contributed by atoms with van der Waals surface area (Å²) >= 11 is 0. The van der Waals surface area contributed by atoms with E-state index in [1.807, 2.05) is 19.6 Å². The van der Waals surface area contributed by atoms with Crippen molar-refractivity contribution in [2.75, 3.05) is 33.3 Å². The molecule has 1 aromatic rings. The number of aryl methyl sites for hydroxylation is 1. The normalized spacial score (nSPS) is 21.3. The summed E-state index contributed by atoms with van der Waals surface area (Å²) in [6, 6.07) is 0. The molecule has 1 aliphatic rings. The Morgan fingerprint density at radius 2 is 2.44 bits per heavy atom. The summed E-state index contributed by atoms with van der Waals surface area (Å²) in [6.45, 7) is 7.99. The van der Waals surface area contributed by atoms with E-state index in [0.717, 1.165) is 45.8 Å². The molecule has 1 N–H and O–H groups in total. The molecule has 1 aliphatic heterocycles. The largest absolute Gasteiger partial charge is 0.374 e. The molecule has 0 aromatic carbocycles. The van der Waals surface area contributed by atoms with Crippen LogP contribution < -0.4 is 5.32 Å². The van der Waals surface area contributed by atoms with E-state index < -0.39 is 0 Å². The van der Waals surface area contributed by atoms with Crippen LogP contribution in [-0.2, 0) is 17.8 Å². The lowest BCUT2D eigenvalue weighted by atomic mass is 10.2. The van der Waals surface area contributed by atoms with Gasteiger partial charge in [-0.15, -0.1) is 0 Å². The van der Waals surface area contributed by atoms with E-state index in [0.29, 0.717) is 6.10 Å². The lowest BCUT2D eigenvalue weighted by Gasteiger charge is -2.32. The number of ether oxygens (including phenoxy) is 1. The van der Waals surface area contributed by atoms with E-state index in [1.165, 1.54) is 5.69 Å². The van der Waals surface area contributed by atoms with Crippen LogP contribution in [0, 0.1) is 0 Å². The van der Waals surface area contributed by atoms with Crippen molar-refractivity contribution in [2.45, 2.75) is 32.5 Å². The lowest BCUT2D eigenvalue weighted by Crippen LogP contribution is -2.45. The van der Waals surface area contributed by atoms with Crippen LogP contribution in [0.3, 0.4) is 0 Å². The number of aromatic nitrogens is 2. The predicted octanol–water partition coefficient (Wildman–Crippen LogP) is 0.713. The molecule has 5 nitrogen and oxygen atoms in total. The summed E-state index contributed by atoms with van der Waals surface area (Å²) in [4.78, 5) is 6.71. The van der Waals surface area contributed by atoms with Crippen molar-refractivity contribution in [1.82, 2.24) is 19.8 Å². The third-order valence-corrected chi connectivity index (χ3v) is 3.30. The van der Waals surface area contributed by atoms with E-state index in [1.54, 1.807) is 0 Å². The molecule has 0 spiro atoms. The Morgan fingerprint density at radius 1 is 1.56 bits per heavy atom. The second-order valence-corrected chi connectivity index (χ2v) is 4.86. The van der Waals surface area contributed by atoms with Crippen LogP contribution in [-0.4, -0.2) is 53.8 Å². The van der Waals surface area contributed by atoms with Gasteiger partial charge in [-0.25, -0.2) is 4.98 Å². The zero-order valence-corrected chi connectivity index (χ0v) is 11.4.